The summed E-state index contributed by atoms with van der Waals surface area (Å²) in [7, 11) is 0. The van der Waals surface area contributed by atoms with E-state index in [4.69, 9.17) is 0 Å². The number of rotatable bonds is 1. The van der Waals surface area contributed by atoms with Crippen LogP contribution in [0.3, 0.4) is 0 Å². The van der Waals surface area contributed by atoms with E-state index in [1.54, 1.807) is 24.3 Å². The number of nitrogens with zero attached hydrogens (tertiary/aromatic N) is 1. The van der Waals surface area contributed by atoms with Crippen molar-refractivity contribution in [1.29, 1.82) is 0 Å². The van der Waals surface area contributed by atoms with E-state index in [-0.39, 0.29) is 11.8 Å². The topological polar surface area (TPSA) is 57.6 Å². The lowest BCUT2D eigenvalue weighted by Gasteiger charge is -2.28. The molecule has 1 fully saturated rings. The zero-order chi connectivity index (χ0) is 17.0. The smallest absolute Gasteiger partial charge is 0.248 e. The van der Waals surface area contributed by atoms with Crippen LogP contribution in [0.2, 0.25) is 0 Å². The molecular formula is C18H14BrNO3S. The number of aliphatic hydroxyl groups excluding tert-OH is 1. The van der Waals surface area contributed by atoms with E-state index in [1.807, 2.05) is 25.1 Å². The Hall–Kier alpha value is -1.63. The Morgan fingerprint density at radius 2 is 1.79 bits per heavy atom. The van der Waals surface area contributed by atoms with Gasteiger partial charge in [-0.25, -0.2) is 4.90 Å². The van der Waals surface area contributed by atoms with E-state index in [2.05, 4.69) is 15.9 Å². The van der Waals surface area contributed by atoms with Gasteiger partial charge in [0, 0.05) is 9.37 Å². The van der Waals surface area contributed by atoms with Gasteiger partial charge in [-0.2, -0.15) is 0 Å². The minimum Gasteiger partial charge on any atom is -0.387 e. The van der Waals surface area contributed by atoms with Gasteiger partial charge in [0.1, 0.15) is 5.25 Å². The highest BCUT2D eigenvalue weighted by Crippen LogP contribution is 2.49. The number of fused-ring (bicyclic) bond motifs is 2. The summed E-state index contributed by atoms with van der Waals surface area (Å²) in [4.78, 5) is 27.8. The quantitative estimate of drug-likeness (QED) is 0.740. The van der Waals surface area contributed by atoms with Crippen LogP contribution in [-0.4, -0.2) is 22.2 Å². The summed E-state index contributed by atoms with van der Waals surface area (Å²) >= 11 is 4.72. The van der Waals surface area contributed by atoms with Gasteiger partial charge in [0.05, 0.1) is 17.7 Å². The van der Waals surface area contributed by atoms with Gasteiger partial charge in [-0.3, -0.25) is 9.59 Å². The first kappa shape index (κ1) is 15.9. The first-order valence-corrected chi connectivity index (χ1v) is 9.23. The van der Waals surface area contributed by atoms with Crippen LogP contribution >= 0.6 is 27.7 Å². The second-order valence-corrected chi connectivity index (χ2v) is 8.14. The second-order valence-electron chi connectivity index (χ2n) is 6.04. The summed E-state index contributed by atoms with van der Waals surface area (Å²) < 4.78 is 0.875. The molecule has 2 aromatic rings. The summed E-state index contributed by atoms with van der Waals surface area (Å²) in [5.74, 6) is -1.33. The number of benzene rings is 2. The zero-order valence-electron chi connectivity index (χ0n) is 12.8. The molecule has 0 spiro atoms. The fourth-order valence-electron chi connectivity index (χ4n) is 3.27. The van der Waals surface area contributed by atoms with E-state index in [1.165, 1.54) is 16.7 Å². The lowest BCUT2D eigenvalue weighted by molar-refractivity contribution is -0.124. The van der Waals surface area contributed by atoms with Crippen LogP contribution in [0.4, 0.5) is 5.69 Å². The highest BCUT2D eigenvalue weighted by atomic mass is 79.9. The first-order chi connectivity index (χ1) is 11.5. The van der Waals surface area contributed by atoms with Crippen molar-refractivity contribution in [2.45, 2.75) is 23.2 Å². The number of hydrogen-bond acceptors (Lipinski definition) is 4. The molecule has 0 aromatic heterocycles. The SMILES string of the molecule is Cc1ccc2c(c1)[C@H](O)[C@H]1C(=O)N(c3ccc(Br)cc3)C(=O)[C@H]1S2. The van der Waals surface area contributed by atoms with Crippen LogP contribution in [0.5, 0.6) is 0 Å². The lowest BCUT2D eigenvalue weighted by atomic mass is 9.92. The number of hydrogen-bond donors (Lipinski definition) is 1. The number of aryl methyl sites for hydroxylation is 1. The third kappa shape index (κ3) is 2.32. The summed E-state index contributed by atoms with van der Waals surface area (Å²) in [5, 5.41) is 10.2. The number of thioether (sulfide) groups is 1. The summed E-state index contributed by atoms with van der Waals surface area (Å²) in [6.45, 7) is 1.94. The number of carbonyl (C=O) groups excluding carboxylic acids is 2. The van der Waals surface area contributed by atoms with Gasteiger partial charge in [-0.05, 0) is 42.8 Å². The van der Waals surface area contributed by atoms with Crippen molar-refractivity contribution in [3.05, 3.63) is 58.1 Å². The molecular weight excluding hydrogens is 390 g/mol. The third-order valence-electron chi connectivity index (χ3n) is 4.46. The van der Waals surface area contributed by atoms with Gasteiger partial charge in [-0.15, -0.1) is 11.8 Å². The largest absolute Gasteiger partial charge is 0.387 e. The van der Waals surface area contributed by atoms with Crippen LogP contribution in [0.1, 0.15) is 17.2 Å². The van der Waals surface area contributed by atoms with E-state index in [0.717, 1.165) is 20.5 Å². The predicted molar refractivity (Wildman–Crippen MR) is 95.9 cm³/mol. The van der Waals surface area contributed by atoms with Gasteiger partial charge in [0.2, 0.25) is 11.8 Å². The maximum absolute atomic E-state index is 12.9. The molecule has 0 saturated carbocycles. The van der Waals surface area contributed by atoms with Crippen molar-refractivity contribution in [3.63, 3.8) is 0 Å². The molecule has 3 atom stereocenters. The molecule has 4 rings (SSSR count). The van der Waals surface area contributed by atoms with Gasteiger partial charge in [0.15, 0.2) is 0 Å². The molecule has 0 radical (unpaired) electrons. The Labute approximate surface area is 152 Å². The fraction of sp³-hybridized carbons (Fsp3) is 0.222. The minimum absolute atomic E-state index is 0.261. The molecule has 2 heterocycles. The van der Waals surface area contributed by atoms with Crippen LogP contribution < -0.4 is 4.90 Å². The molecule has 2 aromatic carbocycles. The Bertz CT molecular complexity index is 852. The number of halogens is 1. The molecule has 0 bridgehead atoms. The van der Waals surface area contributed by atoms with Gasteiger partial charge in [-0.1, -0.05) is 33.6 Å². The molecule has 1 saturated heterocycles. The molecule has 2 aliphatic heterocycles. The summed E-state index contributed by atoms with van der Waals surface area (Å²) in [6, 6.07) is 12.8. The van der Waals surface area contributed by atoms with Crippen molar-refractivity contribution < 1.29 is 14.7 Å². The molecule has 2 aliphatic rings. The van der Waals surface area contributed by atoms with Gasteiger partial charge >= 0.3 is 0 Å². The van der Waals surface area contributed by atoms with Crippen molar-refractivity contribution in [2.75, 3.05) is 4.90 Å². The maximum atomic E-state index is 12.9. The Balaban J connectivity index is 1.76. The van der Waals surface area contributed by atoms with E-state index in [0.29, 0.717) is 5.69 Å². The van der Waals surface area contributed by atoms with Crippen molar-refractivity contribution in [1.82, 2.24) is 0 Å². The van der Waals surface area contributed by atoms with Crippen LogP contribution in [0, 0.1) is 12.8 Å². The Kier molecular flexibility index (Phi) is 3.78. The molecule has 2 amide bonds. The van der Waals surface area contributed by atoms with Gasteiger partial charge in [0.25, 0.3) is 0 Å². The van der Waals surface area contributed by atoms with E-state index >= 15 is 0 Å². The average Bonchev–Trinajstić information content (AvgIpc) is 2.81. The van der Waals surface area contributed by atoms with Crippen molar-refractivity contribution >= 4 is 45.2 Å². The van der Waals surface area contributed by atoms with Crippen molar-refractivity contribution in [2.24, 2.45) is 5.92 Å². The highest BCUT2D eigenvalue weighted by Gasteiger charge is 2.54. The highest BCUT2D eigenvalue weighted by molar-refractivity contribution is 9.10. The fourth-order valence-corrected chi connectivity index (χ4v) is 4.89. The summed E-state index contributed by atoms with van der Waals surface area (Å²) in [6.07, 6.45) is -0.956. The molecule has 122 valence electrons. The number of carbonyl (C=O) groups is 2. The third-order valence-corrected chi connectivity index (χ3v) is 6.36. The first-order valence-electron chi connectivity index (χ1n) is 7.56. The lowest BCUT2D eigenvalue weighted by Crippen LogP contribution is -2.32. The van der Waals surface area contributed by atoms with E-state index in [9.17, 15) is 14.7 Å². The van der Waals surface area contributed by atoms with Crippen LogP contribution in [-0.2, 0) is 9.59 Å². The summed E-state index contributed by atoms with van der Waals surface area (Å²) in [5.41, 5.74) is 2.30. The van der Waals surface area contributed by atoms with Crippen LogP contribution in [0.25, 0.3) is 0 Å². The standard InChI is InChI=1S/C18H14BrNO3S/c1-9-2-7-13-12(8-9)15(21)14-16(24-13)18(23)20(17(14)22)11-5-3-10(19)4-6-11/h2-8,14-16,21H,1H3/t14-,15+,16+/m1/s1. The number of aliphatic hydroxyl groups is 1. The zero-order valence-corrected chi connectivity index (χ0v) is 15.2. The number of anilines is 1. The number of amides is 2. The van der Waals surface area contributed by atoms with Crippen LogP contribution in [0.15, 0.2) is 51.8 Å². The second kappa shape index (κ2) is 5.72. The molecule has 24 heavy (non-hydrogen) atoms. The number of imide groups is 1. The van der Waals surface area contributed by atoms with Gasteiger partial charge < -0.3 is 5.11 Å². The predicted octanol–water partition coefficient (Wildman–Crippen LogP) is 3.45. The average molecular weight is 404 g/mol. The minimum atomic E-state index is -0.956. The Morgan fingerprint density at radius 3 is 2.50 bits per heavy atom. The maximum Gasteiger partial charge on any atom is 0.248 e. The normalized spacial score (nSPS) is 25.6. The molecule has 0 aliphatic carbocycles. The molecule has 6 heteroatoms. The monoisotopic (exact) mass is 403 g/mol. The van der Waals surface area contributed by atoms with E-state index < -0.39 is 17.3 Å². The molecule has 1 N–H and O–H groups in total. The molecule has 4 nitrogen and oxygen atoms in total. The van der Waals surface area contributed by atoms with Crippen molar-refractivity contribution in [3.8, 4) is 0 Å². The molecule has 0 unspecified atom stereocenters. The Morgan fingerprint density at radius 1 is 1.08 bits per heavy atom.